The normalized spacial score (nSPS) is 11.4. The highest BCUT2D eigenvalue weighted by Gasteiger charge is 2.19. The van der Waals surface area contributed by atoms with Gasteiger partial charge in [0.05, 0.1) is 35.8 Å². The van der Waals surface area contributed by atoms with Crippen molar-refractivity contribution in [1.29, 1.82) is 0 Å². The summed E-state index contributed by atoms with van der Waals surface area (Å²) in [6.07, 6.45) is 1.40. The van der Waals surface area contributed by atoms with Crippen LogP contribution in [0.15, 0.2) is 64.5 Å². The van der Waals surface area contributed by atoms with E-state index in [-0.39, 0.29) is 22.9 Å². The molecule has 0 fully saturated rings. The molecular formula is C28H28N4O5. The van der Waals surface area contributed by atoms with Gasteiger partial charge < -0.3 is 9.47 Å². The van der Waals surface area contributed by atoms with Crippen LogP contribution in [0.1, 0.15) is 43.4 Å². The average Bonchev–Trinajstić information content (AvgIpc) is 2.88. The van der Waals surface area contributed by atoms with Crippen LogP contribution in [0.5, 0.6) is 11.5 Å². The second-order valence-corrected chi connectivity index (χ2v) is 8.80. The molecule has 9 nitrogen and oxygen atoms in total. The number of nitrogens with zero attached hydrogens (tertiary/aromatic N) is 4. The minimum absolute atomic E-state index is 0.138. The standard InChI is InChI=1S/C28H28N4O5/c1-6-37-26-13-18(4)22(15-21(26)17(2)3)27-30-23-10-8-7-9-20(23)28(33)31(27)29-16-19-11-12-25(36-5)24(14-19)32(34)35/h7-17H,6H2,1-5H3. The van der Waals surface area contributed by atoms with Gasteiger partial charge in [-0.2, -0.15) is 9.78 Å². The molecular weight excluding hydrogens is 472 g/mol. The Kier molecular flexibility index (Phi) is 7.33. The van der Waals surface area contributed by atoms with Crippen molar-refractivity contribution >= 4 is 22.8 Å². The lowest BCUT2D eigenvalue weighted by Crippen LogP contribution is -2.21. The van der Waals surface area contributed by atoms with E-state index in [1.807, 2.05) is 32.0 Å². The van der Waals surface area contributed by atoms with Gasteiger partial charge in [-0.25, -0.2) is 4.98 Å². The zero-order valence-electron chi connectivity index (χ0n) is 21.4. The van der Waals surface area contributed by atoms with Crippen molar-refractivity contribution < 1.29 is 14.4 Å². The van der Waals surface area contributed by atoms with Gasteiger partial charge in [0.15, 0.2) is 11.6 Å². The topological polar surface area (TPSA) is 109 Å². The van der Waals surface area contributed by atoms with Gasteiger partial charge in [0.2, 0.25) is 0 Å². The van der Waals surface area contributed by atoms with Gasteiger partial charge in [-0.3, -0.25) is 14.9 Å². The number of benzene rings is 3. The molecule has 0 aliphatic rings. The van der Waals surface area contributed by atoms with Crippen molar-refractivity contribution in [2.75, 3.05) is 13.7 Å². The smallest absolute Gasteiger partial charge is 0.311 e. The number of nitro benzene ring substituents is 1. The van der Waals surface area contributed by atoms with Crippen molar-refractivity contribution in [3.8, 4) is 22.9 Å². The van der Waals surface area contributed by atoms with Crippen LogP contribution in [0.3, 0.4) is 0 Å². The lowest BCUT2D eigenvalue weighted by molar-refractivity contribution is -0.385. The Morgan fingerprint density at radius 3 is 2.57 bits per heavy atom. The first-order valence-corrected chi connectivity index (χ1v) is 11.9. The Bertz CT molecular complexity index is 1570. The Morgan fingerprint density at radius 1 is 1.14 bits per heavy atom. The van der Waals surface area contributed by atoms with Crippen LogP contribution in [-0.4, -0.2) is 34.5 Å². The first-order valence-electron chi connectivity index (χ1n) is 11.9. The van der Waals surface area contributed by atoms with Crippen LogP contribution < -0.4 is 15.0 Å². The summed E-state index contributed by atoms with van der Waals surface area (Å²) >= 11 is 0. The van der Waals surface area contributed by atoms with Crippen LogP contribution >= 0.6 is 0 Å². The summed E-state index contributed by atoms with van der Waals surface area (Å²) in [6, 6.07) is 15.5. The summed E-state index contributed by atoms with van der Waals surface area (Å²) in [5, 5.41) is 16.3. The zero-order valence-corrected chi connectivity index (χ0v) is 21.4. The first kappa shape index (κ1) is 25.6. The quantitative estimate of drug-likeness (QED) is 0.175. The number of para-hydroxylation sites is 1. The monoisotopic (exact) mass is 500 g/mol. The molecule has 190 valence electrons. The van der Waals surface area contributed by atoms with Crippen LogP contribution in [0, 0.1) is 17.0 Å². The minimum atomic E-state index is -0.526. The largest absolute Gasteiger partial charge is 0.494 e. The number of aryl methyl sites for hydroxylation is 1. The van der Waals surface area contributed by atoms with Gasteiger partial charge in [-0.05, 0) is 67.3 Å². The number of hydrogen-bond acceptors (Lipinski definition) is 7. The van der Waals surface area contributed by atoms with Crippen molar-refractivity contribution in [3.05, 3.63) is 91.8 Å². The third-order valence-electron chi connectivity index (χ3n) is 6.00. The molecule has 0 aliphatic carbocycles. The van der Waals surface area contributed by atoms with Crippen molar-refractivity contribution in [1.82, 2.24) is 9.66 Å². The summed E-state index contributed by atoms with van der Waals surface area (Å²) in [4.78, 5) is 29.3. The molecule has 0 aliphatic heterocycles. The third kappa shape index (κ3) is 5.06. The van der Waals surface area contributed by atoms with E-state index in [0.29, 0.717) is 28.9 Å². The summed E-state index contributed by atoms with van der Waals surface area (Å²) in [5.74, 6) is 1.47. The van der Waals surface area contributed by atoms with Crippen molar-refractivity contribution in [3.63, 3.8) is 0 Å². The highest BCUT2D eigenvalue weighted by molar-refractivity contribution is 5.83. The maximum Gasteiger partial charge on any atom is 0.311 e. The molecule has 1 heterocycles. The highest BCUT2D eigenvalue weighted by atomic mass is 16.6. The lowest BCUT2D eigenvalue weighted by atomic mass is 9.96. The second kappa shape index (κ2) is 10.6. The fourth-order valence-corrected chi connectivity index (χ4v) is 4.13. The molecule has 3 aromatic carbocycles. The van der Waals surface area contributed by atoms with Gasteiger partial charge >= 0.3 is 5.69 Å². The molecule has 1 aromatic heterocycles. The van der Waals surface area contributed by atoms with Crippen LogP contribution in [0.4, 0.5) is 5.69 Å². The molecule has 0 atom stereocenters. The van der Waals surface area contributed by atoms with E-state index in [4.69, 9.17) is 14.5 Å². The Balaban J connectivity index is 1.95. The summed E-state index contributed by atoms with van der Waals surface area (Å²) in [7, 11) is 1.37. The maximum absolute atomic E-state index is 13.6. The van der Waals surface area contributed by atoms with Gasteiger partial charge in [-0.1, -0.05) is 26.0 Å². The molecule has 4 rings (SSSR count). The number of nitro groups is 1. The predicted molar refractivity (Wildman–Crippen MR) is 144 cm³/mol. The second-order valence-electron chi connectivity index (χ2n) is 8.80. The highest BCUT2D eigenvalue weighted by Crippen LogP contribution is 2.34. The Labute approximate surface area is 214 Å². The molecule has 4 aromatic rings. The summed E-state index contributed by atoms with van der Waals surface area (Å²) in [5.41, 5.74) is 3.05. The SMILES string of the molecule is CCOc1cc(C)c(-c2nc3ccccc3c(=O)n2N=Cc2ccc(OC)c([N+](=O)[O-])c2)cc1C(C)C. The average molecular weight is 501 g/mol. The molecule has 0 bridgehead atoms. The van der Waals surface area contributed by atoms with Crippen molar-refractivity contribution in [2.24, 2.45) is 5.10 Å². The minimum Gasteiger partial charge on any atom is -0.494 e. The molecule has 0 saturated carbocycles. The van der Waals surface area contributed by atoms with E-state index in [9.17, 15) is 14.9 Å². The molecule has 0 saturated heterocycles. The molecule has 9 heteroatoms. The zero-order chi connectivity index (χ0) is 26.7. The van der Waals surface area contributed by atoms with Crippen molar-refractivity contribution in [2.45, 2.75) is 33.6 Å². The van der Waals surface area contributed by atoms with Crippen LogP contribution in [0.25, 0.3) is 22.3 Å². The number of ether oxygens (including phenoxy) is 2. The van der Waals surface area contributed by atoms with E-state index < -0.39 is 4.92 Å². The molecule has 0 unspecified atom stereocenters. The van der Waals surface area contributed by atoms with Gasteiger partial charge in [-0.15, -0.1) is 0 Å². The number of hydrogen-bond donors (Lipinski definition) is 0. The lowest BCUT2D eigenvalue weighted by Gasteiger charge is -2.18. The Hall–Kier alpha value is -4.53. The van der Waals surface area contributed by atoms with Crippen LogP contribution in [0.2, 0.25) is 0 Å². The third-order valence-corrected chi connectivity index (χ3v) is 6.00. The van der Waals surface area contributed by atoms with E-state index >= 15 is 0 Å². The van der Waals surface area contributed by atoms with E-state index in [1.165, 1.54) is 30.1 Å². The number of fused-ring (bicyclic) bond motifs is 1. The van der Waals surface area contributed by atoms with Gasteiger partial charge in [0.25, 0.3) is 5.56 Å². The summed E-state index contributed by atoms with van der Waals surface area (Å²) < 4.78 is 12.2. The molecule has 0 spiro atoms. The number of aromatic nitrogens is 2. The molecule has 0 radical (unpaired) electrons. The van der Waals surface area contributed by atoms with Gasteiger partial charge in [0, 0.05) is 17.2 Å². The van der Waals surface area contributed by atoms with E-state index in [1.54, 1.807) is 24.3 Å². The molecule has 37 heavy (non-hydrogen) atoms. The maximum atomic E-state index is 13.6. The molecule has 0 N–H and O–H groups in total. The fourth-order valence-electron chi connectivity index (χ4n) is 4.13. The van der Waals surface area contributed by atoms with Crippen LogP contribution in [-0.2, 0) is 0 Å². The summed E-state index contributed by atoms with van der Waals surface area (Å²) in [6.45, 7) is 8.56. The number of methoxy groups -OCH3 is 1. The first-order chi connectivity index (χ1) is 17.7. The Morgan fingerprint density at radius 2 is 1.89 bits per heavy atom. The predicted octanol–water partition coefficient (Wildman–Crippen LogP) is 5.69. The van der Waals surface area contributed by atoms with Gasteiger partial charge in [0.1, 0.15) is 5.75 Å². The molecule has 0 amide bonds. The number of rotatable bonds is 8. The fraction of sp³-hybridized carbons (Fsp3) is 0.250. The van der Waals surface area contributed by atoms with E-state index in [0.717, 1.165) is 22.4 Å². The van der Waals surface area contributed by atoms with E-state index in [2.05, 4.69) is 18.9 Å².